The maximum absolute atomic E-state index is 11.0. The molecule has 31 heavy (non-hydrogen) atoms. The normalized spacial score (nSPS) is 24.0. The lowest BCUT2D eigenvalue weighted by Crippen LogP contribution is -2.35. The third kappa shape index (κ3) is 4.51. The predicted octanol–water partition coefficient (Wildman–Crippen LogP) is -0.698. The van der Waals surface area contributed by atoms with Crippen molar-refractivity contribution in [1.82, 2.24) is 19.5 Å². The minimum atomic E-state index is -4.22. The van der Waals surface area contributed by atoms with E-state index in [9.17, 15) is 18.6 Å². The van der Waals surface area contributed by atoms with E-state index in [1.807, 2.05) is 42.3 Å². The molecule has 1 aliphatic rings. The van der Waals surface area contributed by atoms with Gasteiger partial charge in [0.1, 0.15) is 24.6 Å². The molecule has 4 atom stereocenters. The van der Waals surface area contributed by atoms with Gasteiger partial charge in [-0.15, -0.1) is 0 Å². The molecule has 2 aromatic heterocycles. The number of rotatable bonds is 7. The number of ether oxygens (including phenoxy) is 1. The van der Waals surface area contributed by atoms with E-state index in [0.29, 0.717) is 23.5 Å². The largest absolute Gasteiger partial charge is 0.387 e. The highest BCUT2D eigenvalue weighted by molar-refractivity contribution is 7.84. The number of aliphatic hydroxyl groups is 2. The summed E-state index contributed by atoms with van der Waals surface area (Å²) in [4.78, 5) is 14.9. The van der Waals surface area contributed by atoms with Gasteiger partial charge in [0.2, 0.25) is 0 Å². The Hall–Kier alpha value is -2.68. The Kier molecular flexibility index (Phi) is 5.88. The van der Waals surface area contributed by atoms with E-state index in [1.165, 1.54) is 17.2 Å². The fourth-order valence-electron chi connectivity index (χ4n) is 3.50. The molecule has 1 fully saturated rings. The molecular weight excluding hydrogens is 428 g/mol. The first kappa shape index (κ1) is 21.5. The van der Waals surface area contributed by atoms with Crippen molar-refractivity contribution in [2.24, 2.45) is 5.14 Å². The molecule has 0 aliphatic carbocycles. The van der Waals surface area contributed by atoms with Gasteiger partial charge in [0.15, 0.2) is 23.2 Å². The number of fused-ring (bicyclic) bond motifs is 1. The number of nitrogens with two attached hydrogens (primary N) is 1. The van der Waals surface area contributed by atoms with Gasteiger partial charge in [0, 0.05) is 13.6 Å². The maximum atomic E-state index is 11.0. The van der Waals surface area contributed by atoms with E-state index in [1.54, 1.807) is 0 Å². The summed E-state index contributed by atoms with van der Waals surface area (Å²) in [5.41, 5.74) is 1.95. The number of imidazole rings is 1. The van der Waals surface area contributed by atoms with Crippen molar-refractivity contribution in [2.45, 2.75) is 31.1 Å². The van der Waals surface area contributed by atoms with E-state index in [2.05, 4.69) is 19.1 Å². The highest BCUT2D eigenvalue weighted by Crippen LogP contribution is 2.33. The fraction of sp³-hybridized carbons (Fsp3) is 0.389. The number of hydrogen-bond donors (Lipinski definition) is 3. The Morgan fingerprint density at radius 2 is 1.94 bits per heavy atom. The number of nitrogens with zero attached hydrogens (tertiary/aromatic N) is 5. The molecule has 0 unspecified atom stereocenters. The summed E-state index contributed by atoms with van der Waals surface area (Å²) in [6.07, 6.45) is -2.15. The Balaban J connectivity index is 1.59. The molecule has 166 valence electrons. The first-order valence-electron chi connectivity index (χ1n) is 9.36. The lowest BCUT2D eigenvalue weighted by molar-refractivity contribution is -0.0467. The molecule has 4 rings (SSSR count). The number of aromatic nitrogens is 4. The summed E-state index contributed by atoms with van der Waals surface area (Å²) in [6, 6.07) is 9.85. The monoisotopic (exact) mass is 450 g/mol. The Morgan fingerprint density at radius 1 is 1.19 bits per heavy atom. The number of anilines is 1. The molecule has 13 heteroatoms. The van der Waals surface area contributed by atoms with Crippen molar-refractivity contribution in [3.63, 3.8) is 0 Å². The van der Waals surface area contributed by atoms with Gasteiger partial charge in [0.25, 0.3) is 0 Å². The van der Waals surface area contributed by atoms with Gasteiger partial charge in [-0.2, -0.15) is 8.42 Å². The van der Waals surface area contributed by atoms with E-state index in [0.717, 1.165) is 5.56 Å². The first-order valence-corrected chi connectivity index (χ1v) is 10.8. The molecule has 0 amide bonds. The van der Waals surface area contributed by atoms with Crippen LogP contribution in [0.3, 0.4) is 0 Å². The van der Waals surface area contributed by atoms with Crippen LogP contribution in [-0.4, -0.2) is 70.1 Å². The van der Waals surface area contributed by atoms with E-state index < -0.39 is 41.5 Å². The van der Waals surface area contributed by atoms with Gasteiger partial charge in [-0.05, 0) is 5.56 Å². The third-order valence-electron chi connectivity index (χ3n) is 4.97. The summed E-state index contributed by atoms with van der Waals surface area (Å²) in [7, 11) is -2.34. The molecule has 0 radical (unpaired) electrons. The second-order valence-corrected chi connectivity index (χ2v) is 8.41. The third-order valence-corrected chi connectivity index (χ3v) is 5.44. The Morgan fingerprint density at radius 3 is 2.65 bits per heavy atom. The van der Waals surface area contributed by atoms with Gasteiger partial charge in [-0.3, -0.25) is 8.75 Å². The smallest absolute Gasteiger partial charge is 0.333 e. The van der Waals surface area contributed by atoms with Crippen molar-refractivity contribution in [2.75, 3.05) is 18.6 Å². The summed E-state index contributed by atoms with van der Waals surface area (Å²) in [5.74, 6) is 0.578. The van der Waals surface area contributed by atoms with Gasteiger partial charge < -0.3 is 19.8 Å². The number of aliphatic hydroxyl groups excluding tert-OH is 2. The second-order valence-electron chi connectivity index (χ2n) is 7.19. The van der Waals surface area contributed by atoms with E-state index in [-0.39, 0.29) is 0 Å². The van der Waals surface area contributed by atoms with Crippen molar-refractivity contribution >= 4 is 27.3 Å². The van der Waals surface area contributed by atoms with Crippen LogP contribution in [-0.2, 0) is 25.8 Å². The van der Waals surface area contributed by atoms with Crippen LogP contribution >= 0.6 is 0 Å². The van der Waals surface area contributed by atoms with Crippen LogP contribution in [0.4, 0.5) is 5.82 Å². The Labute approximate surface area is 178 Å². The molecule has 0 bridgehead atoms. The van der Waals surface area contributed by atoms with Crippen molar-refractivity contribution in [3.05, 3.63) is 48.5 Å². The maximum Gasteiger partial charge on any atom is 0.333 e. The average molecular weight is 450 g/mol. The lowest BCUT2D eigenvalue weighted by atomic mass is 10.1. The van der Waals surface area contributed by atoms with Gasteiger partial charge in [0.05, 0.1) is 12.9 Å². The molecule has 4 N–H and O–H groups in total. The molecule has 3 aromatic rings. The standard InChI is InChI=1S/C18H22N6O6S/c1-23(7-11-5-3-2-4-6-11)16-13-17(21-9-20-16)24(10-22-13)18-15(26)14(25)12(30-18)8-29-31(19,27)28/h2-6,9-10,12,14-15,18,25-26H,7-8H2,1H3,(H2,19,27,28)/t12-,14-,15-,18-/m1/s1. The van der Waals surface area contributed by atoms with Crippen LogP contribution in [0.5, 0.6) is 0 Å². The SMILES string of the molecule is CN(Cc1ccccc1)c1ncnc2c1ncn2[C@@H]1O[C@H](COS(N)(=O)=O)[C@@H](O)[C@H]1O. The van der Waals surface area contributed by atoms with Crippen LogP contribution in [0.25, 0.3) is 11.2 Å². The average Bonchev–Trinajstić information content (AvgIpc) is 3.28. The molecule has 1 saturated heterocycles. The number of benzene rings is 1. The minimum absolute atomic E-state index is 0.383. The highest BCUT2D eigenvalue weighted by atomic mass is 32.2. The highest BCUT2D eigenvalue weighted by Gasteiger charge is 2.45. The molecule has 0 saturated carbocycles. The second kappa shape index (κ2) is 8.45. The number of hydrogen-bond acceptors (Lipinski definition) is 10. The van der Waals surface area contributed by atoms with Crippen molar-refractivity contribution in [3.8, 4) is 0 Å². The van der Waals surface area contributed by atoms with Crippen molar-refractivity contribution < 1.29 is 27.6 Å². The van der Waals surface area contributed by atoms with Gasteiger partial charge in [-0.1, -0.05) is 30.3 Å². The zero-order valence-electron chi connectivity index (χ0n) is 16.5. The predicted molar refractivity (Wildman–Crippen MR) is 109 cm³/mol. The summed E-state index contributed by atoms with van der Waals surface area (Å²) in [5, 5.41) is 25.5. The molecular formula is C18H22N6O6S. The summed E-state index contributed by atoms with van der Waals surface area (Å²) >= 11 is 0. The van der Waals surface area contributed by atoms with Crippen LogP contribution in [0.2, 0.25) is 0 Å². The molecule has 0 spiro atoms. The van der Waals surface area contributed by atoms with E-state index >= 15 is 0 Å². The zero-order valence-corrected chi connectivity index (χ0v) is 17.3. The lowest BCUT2D eigenvalue weighted by Gasteiger charge is -2.19. The first-order chi connectivity index (χ1) is 14.7. The molecule has 1 aliphatic heterocycles. The van der Waals surface area contributed by atoms with Crippen LogP contribution in [0.1, 0.15) is 11.8 Å². The molecule has 12 nitrogen and oxygen atoms in total. The van der Waals surface area contributed by atoms with Crippen molar-refractivity contribution in [1.29, 1.82) is 0 Å². The Bertz CT molecular complexity index is 1160. The topological polar surface area (TPSA) is 166 Å². The van der Waals surface area contributed by atoms with Crippen LogP contribution < -0.4 is 10.0 Å². The summed E-state index contributed by atoms with van der Waals surface area (Å²) in [6.45, 7) is 0.0499. The minimum Gasteiger partial charge on any atom is -0.387 e. The van der Waals surface area contributed by atoms with Crippen LogP contribution in [0, 0.1) is 0 Å². The van der Waals surface area contributed by atoms with Gasteiger partial charge in [-0.25, -0.2) is 20.1 Å². The summed E-state index contributed by atoms with van der Waals surface area (Å²) < 4.78 is 33.6. The molecule has 1 aromatic carbocycles. The van der Waals surface area contributed by atoms with Crippen LogP contribution in [0.15, 0.2) is 43.0 Å². The molecule has 3 heterocycles. The van der Waals surface area contributed by atoms with Gasteiger partial charge >= 0.3 is 10.3 Å². The zero-order chi connectivity index (χ0) is 22.2. The quantitative estimate of drug-likeness (QED) is 0.419. The van der Waals surface area contributed by atoms with E-state index in [4.69, 9.17) is 9.88 Å². The fourth-order valence-corrected chi connectivity index (χ4v) is 3.82.